The predicted octanol–water partition coefficient (Wildman–Crippen LogP) is 2.80. The highest BCUT2D eigenvalue weighted by Gasteiger charge is 2.24. The van der Waals surface area contributed by atoms with Crippen LogP contribution in [0.1, 0.15) is 27.3 Å². The molecule has 0 spiro atoms. The summed E-state index contributed by atoms with van der Waals surface area (Å²) in [5.74, 6) is -0.558. The van der Waals surface area contributed by atoms with E-state index in [1.165, 1.54) is 19.4 Å². The number of anilines is 2. The largest absolute Gasteiger partial charge is 0.480 e. The Morgan fingerprint density at radius 3 is 2.37 bits per heavy atom. The van der Waals surface area contributed by atoms with Gasteiger partial charge in [0.15, 0.2) is 10.6 Å². The Kier molecular flexibility index (Phi) is 5.79. The first kappa shape index (κ1) is 21.3. The molecule has 1 amide bonds. The first-order chi connectivity index (χ1) is 14.1. The average molecular weight is 430 g/mol. The van der Waals surface area contributed by atoms with Crippen LogP contribution in [-0.4, -0.2) is 36.2 Å². The summed E-state index contributed by atoms with van der Waals surface area (Å²) < 4.78 is 35.5. The predicted molar refractivity (Wildman–Crippen MR) is 113 cm³/mol. The number of aryl methyl sites for hydroxylation is 4. The molecule has 0 bridgehead atoms. The van der Waals surface area contributed by atoms with Gasteiger partial charge in [0.25, 0.3) is 15.9 Å². The Hall–Kier alpha value is -3.40. The summed E-state index contributed by atoms with van der Waals surface area (Å²) in [6.07, 6.45) is 1.32. The highest BCUT2D eigenvalue weighted by molar-refractivity contribution is 7.92. The van der Waals surface area contributed by atoms with Gasteiger partial charge in [0.05, 0.1) is 24.7 Å². The zero-order chi connectivity index (χ0) is 22.1. The fourth-order valence-electron chi connectivity index (χ4n) is 2.88. The summed E-state index contributed by atoms with van der Waals surface area (Å²) in [7, 11) is -0.979. The van der Waals surface area contributed by atoms with Gasteiger partial charge in [-0.1, -0.05) is 18.2 Å². The number of rotatable bonds is 6. The number of hydrogen-bond acceptors (Lipinski definition) is 6. The average Bonchev–Trinajstić information content (AvgIpc) is 3.03. The maximum atomic E-state index is 13.1. The van der Waals surface area contributed by atoms with E-state index in [2.05, 4.69) is 20.1 Å². The number of carbonyl (C=O) groups excluding carboxylic acids is 1. The molecule has 158 valence electrons. The number of pyridine rings is 1. The fraction of sp³-hybridized carbons (Fsp3) is 0.250. The van der Waals surface area contributed by atoms with Gasteiger partial charge in [0.1, 0.15) is 0 Å². The number of amides is 1. The lowest BCUT2D eigenvalue weighted by Crippen LogP contribution is -2.18. The van der Waals surface area contributed by atoms with Crippen LogP contribution in [0.4, 0.5) is 11.4 Å². The van der Waals surface area contributed by atoms with Crippen molar-refractivity contribution in [1.29, 1.82) is 0 Å². The first-order valence-corrected chi connectivity index (χ1v) is 10.6. The van der Waals surface area contributed by atoms with Crippen LogP contribution in [0.3, 0.4) is 0 Å². The lowest BCUT2D eigenvalue weighted by Gasteiger charge is -2.15. The Labute approximate surface area is 175 Å². The van der Waals surface area contributed by atoms with E-state index in [1.54, 1.807) is 17.8 Å². The smallest absolute Gasteiger partial charge is 0.276 e. The molecule has 0 aliphatic carbocycles. The van der Waals surface area contributed by atoms with Crippen molar-refractivity contribution in [3.05, 3.63) is 59.0 Å². The third-order valence-corrected chi connectivity index (χ3v) is 5.97. The number of nitrogens with one attached hydrogen (secondary N) is 2. The van der Waals surface area contributed by atoms with E-state index in [-0.39, 0.29) is 22.2 Å². The van der Waals surface area contributed by atoms with Crippen molar-refractivity contribution in [2.45, 2.75) is 25.7 Å². The van der Waals surface area contributed by atoms with Gasteiger partial charge in [0, 0.05) is 12.7 Å². The molecule has 0 aliphatic rings. The van der Waals surface area contributed by atoms with Gasteiger partial charge >= 0.3 is 0 Å². The van der Waals surface area contributed by atoms with Crippen molar-refractivity contribution >= 4 is 27.3 Å². The molecular weight excluding hydrogens is 406 g/mol. The molecule has 0 aliphatic heterocycles. The zero-order valence-corrected chi connectivity index (χ0v) is 18.2. The van der Waals surface area contributed by atoms with Crippen molar-refractivity contribution in [2.24, 2.45) is 7.05 Å². The number of para-hydroxylation sites is 1. The maximum Gasteiger partial charge on any atom is 0.276 e. The van der Waals surface area contributed by atoms with Crippen LogP contribution in [0.5, 0.6) is 5.88 Å². The summed E-state index contributed by atoms with van der Waals surface area (Å²) in [6, 6.07) is 8.40. The molecular formula is C20H23N5O4S. The SMILES string of the molecule is COc1ncc(NC(=O)c2cc(C)n(C)n2)cc1S(=O)(=O)Nc1c(C)cccc1C. The Morgan fingerprint density at radius 1 is 1.13 bits per heavy atom. The van der Waals surface area contributed by atoms with Crippen LogP contribution in [0.2, 0.25) is 0 Å². The van der Waals surface area contributed by atoms with Gasteiger partial charge < -0.3 is 10.1 Å². The van der Waals surface area contributed by atoms with Gasteiger partial charge in [0.2, 0.25) is 5.88 Å². The molecule has 3 rings (SSSR count). The highest BCUT2D eigenvalue weighted by atomic mass is 32.2. The van der Waals surface area contributed by atoms with Crippen molar-refractivity contribution in [3.63, 3.8) is 0 Å². The number of ether oxygens (including phenoxy) is 1. The number of aromatic nitrogens is 3. The van der Waals surface area contributed by atoms with Crippen LogP contribution in [0.15, 0.2) is 41.4 Å². The Balaban J connectivity index is 1.95. The van der Waals surface area contributed by atoms with Crippen molar-refractivity contribution < 1.29 is 17.9 Å². The van der Waals surface area contributed by atoms with Crippen LogP contribution in [0, 0.1) is 20.8 Å². The summed E-state index contributed by atoms with van der Waals surface area (Å²) in [5, 5.41) is 6.74. The number of carbonyl (C=O) groups is 1. The summed E-state index contributed by atoms with van der Waals surface area (Å²) in [4.78, 5) is 16.3. The minimum Gasteiger partial charge on any atom is -0.480 e. The van der Waals surface area contributed by atoms with Gasteiger partial charge in [-0.25, -0.2) is 13.4 Å². The fourth-order valence-corrected chi connectivity index (χ4v) is 4.23. The molecule has 0 fully saturated rings. The van der Waals surface area contributed by atoms with Crippen molar-refractivity contribution in [3.8, 4) is 5.88 Å². The first-order valence-electron chi connectivity index (χ1n) is 9.07. The standard InChI is InChI=1S/C20H23N5O4S/c1-12-7-6-8-13(2)18(12)24-30(27,28)17-10-15(11-21-20(17)29-5)22-19(26)16-9-14(3)25(4)23-16/h6-11,24H,1-5H3,(H,22,26). The van der Waals surface area contributed by atoms with E-state index < -0.39 is 15.9 Å². The van der Waals surface area contributed by atoms with Crippen LogP contribution >= 0.6 is 0 Å². The van der Waals surface area contributed by atoms with Crippen LogP contribution in [0.25, 0.3) is 0 Å². The van der Waals surface area contributed by atoms with Gasteiger partial charge in [-0.05, 0) is 44.0 Å². The molecule has 2 N–H and O–H groups in total. The van der Waals surface area contributed by atoms with E-state index in [4.69, 9.17) is 4.74 Å². The quantitative estimate of drug-likeness (QED) is 0.623. The molecule has 3 aromatic rings. The molecule has 0 saturated heterocycles. The van der Waals surface area contributed by atoms with E-state index in [0.29, 0.717) is 5.69 Å². The zero-order valence-electron chi connectivity index (χ0n) is 17.3. The van der Waals surface area contributed by atoms with Crippen LogP contribution < -0.4 is 14.8 Å². The van der Waals surface area contributed by atoms with Crippen molar-refractivity contribution in [2.75, 3.05) is 17.1 Å². The Morgan fingerprint density at radius 2 is 1.80 bits per heavy atom. The van der Waals surface area contributed by atoms with Gasteiger partial charge in [-0.15, -0.1) is 0 Å². The van der Waals surface area contributed by atoms with Crippen molar-refractivity contribution in [1.82, 2.24) is 14.8 Å². The number of hydrogen-bond donors (Lipinski definition) is 2. The number of sulfonamides is 1. The second-order valence-electron chi connectivity index (χ2n) is 6.85. The maximum absolute atomic E-state index is 13.1. The lowest BCUT2D eigenvalue weighted by atomic mass is 10.1. The third kappa shape index (κ3) is 4.28. The molecule has 9 nitrogen and oxygen atoms in total. The molecule has 0 unspecified atom stereocenters. The molecule has 10 heteroatoms. The molecule has 1 aromatic carbocycles. The molecule has 0 saturated carbocycles. The normalized spacial score (nSPS) is 11.2. The minimum absolute atomic E-state index is 0.0829. The number of methoxy groups -OCH3 is 1. The molecule has 2 aromatic heterocycles. The highest BCUT2D eigenvalue weighted by Crippen LogP contribution is 2.29. The topological polar surface area (TPSA) is 115 Å². The minimum atomic E-state index is -4.04. The molecule has 2 heterocycles. The summed E-state index contributed by atoms with van der Waals surface area (Å²) in [5.41, 5.74) is 3.27. The van der Waals surface area contributed by atoms with E-state index in [1.807, 2.05) is 39.0 Å². The monoisotopic (exact) mass is 429 g/mol. The summed E-state index contributed by atoms with van der Waals surface area (Å²) in [6.45, 7) is 5.44. The van der Waals surface area contributed by atoms with E-state index in [9.17, 15) is 13.2 Å². The molecule has 30 heavy (non-hydrogen) atoms. The molecule has 0 radical (unpaired) electrons. The number of benzene rings is 1. The third-order valence-electron chi connectivity index (χ3n) is 4.62. The second-order valence-corrected chi connectivity index (χ2v) is 8.50. The molecule has 0 atom stereocenters. The second kappa shape index (κ2) is 8.15. The van der Waals surface area contributed by atoms with Crippen LogP contribution in [-0.2, 0) is 17.1 Å². The Bertz CT molecular complexity index is 1180. The number of nitrogens with zero attached hydrogens (tertiary/aromatic N) is 3. The lowest BCUT2D eigenvalue weighted by molar-refractivity contribution is 0.102. The summed E-state index contributed by atoms with van der Waals surface area (Å²) >= 11 is 0. The van der Waals surface area contributed by atoms with E-state index in [0.717, 1.165) is 16.8 Å². The van der Waals surface area contributed by atoms with Gasteiger partial charge in [-0.3, -0.25) is 14.2 Å². The van der Waals surface area contributed by atoms with Gasteiger partial charge in [-0.2, -0.15) is 5.10 Å². The van der Waals surface area contributed by atoms with E-state index >= 15 is 0 Å².